The zero-order valence-electron chi connectivity index (χ0n) is 11.2. The monoisotopic (exact) mass is 254 g/mol. The Balaban J connectivity index is 0.00000137. The van der Waals surface area contributed by atoms with Gasteiger partial charge in [0, 0.05) is 7.11 Å². The van der Waals surface area contributed by atoms with Crippen molar-refractivity contribution in [2.24, 2.45) is 11.5 Å². The van der Waals surface area contributed by atoms with E-state index in [1.807, 2.05) is 13.8 Å². The topological polar surface area (TPSA) is 87.6 Å². The van der Waals surface area contributed by atoms with E-state index in [9.17, 15) is 4.79 Å². The number of methoxy groups -OCH3 is 1. The summed E-state index contributed by atoms with van der Waals surface area (Å²) in [4.78, 5) is 10.8. The van der Waals surface area contributed by atoms with Crippen molar-refractivity contribution in [2.45, 2.75) is 19.9 Å². The average molecular weight is 254 g/mol. The third kappa shape index (κ3) is 5.65. The Morgan fingerprint density at radius 3 is 2.22 bits per heavy atom. The number of carbonyl (C=O) groups is 1. The number of carbonyl (C=O) groups excluding carboxylic acids is 1. The molecule has 18 heavy (non-hydrogen) atoms. The highest BCUT2D eigenvalue weighted by molar-refractivity contribution is 5.81. The van der Waals surface area contributed by atoms with Gasteiger partial charge in [-0.05, 0) is 17.7 Å². The number of rotatable bonds is 6. The summed E-state index contributed by atoms with van der Waals surface area (Å²) in [5, 5.41) is 0. The van der Waals surface area contributed by atoms with Gasteiger partial charge in [-0.15, -0.1) is 0 Å². The molecule has 0 aromatic heterocycles. The lowest BCUT2D eigenvalue weighted by Gasteiger charge is -2.09. The molecule has 0 saturated heterocycles. The summed E-state index contributed by atoms with van der Waals surface area (Å²) in [7, 11) is 1.61. The molecule has 0 aliphatic carbocycles. The third-order valence-corrected chi connectivity index (χ3v) is 2.10. The summed E-state index contributed by atoms with van der Waals surface area (Å²) in [6.07, 6.45) is 0. The maximum absolute atomic E-state index is 10.8. The number of ether oxygens (including phenoxy) is 2. The van der Waals surface area contributed by atoms with E-state index in [4.69, 9.17) is 20.9 Å². The summed E-state index contributed by atoms with van der Waals surface area (Å²) in [5.41, 5.74) is 11.3. The van der Waals surface area contributed by atoms with Crippen LogP contribution in [0.4, 0.5) is 0 Å². The zero-order chi connectivity index (χ0) is 14.0. The second kappa shape index (κ2) is 9.44. The number of amides is 1. The van der Waals surface area contributed by atoms with Gasteiger partial charge in [0.05, 0.1) is 6.61 Å². The van der Waals surface area contributed by atoms with Gasteiger partial charge in [0.2, 0.25) is 5.91 Å². The third-order valence-electron chi connectivity index (χ3n) is 2.10. The maximum Gasteiger partial charge on any atom is 0.238 e. The molecule has 1 aromatic rings. The van der Waals surface area contributed by atoms with Gasteiger partial charge >= 0.3 is 0 Å². The Kier molecular flexibility index (Phi) is 8.61. The van der Waals surface area contributed by atoms with Crippen LogP contribution in [0.25, 0.3) is 0 Å². The fourth-order valence-electron chi connectivity index (χ4n) is 1.18. The fraction of sp³-hybridized carbons (Fsp3) is 0.462. The van der Waals surface area contributed by atoms with Gasteiger partial charge in [-0.1, -0.05) is 26.0 Å². The number of primary amides is 1. The van der Waals surface area contributed by atoms with Crippen molar-refractivity contribution in [2.75, 3.05) is 20.3 Å². The molecule has 0 spiro atoms. The molecule has 0 radical (unpaired) electrons. The van der Waals surface area contributed by atoms with Crippen LogP contribution in [0.5, 0.6) is 5.75 Å². The van der Waals surface area contributed by atoms with Crippen molar-refractivity contribution in [3.05, 3.63) is 29.8 Å². The minimum atomic E-state index is -0.770. The van der Waals surface area contributed by atoms with Crippen molar-refractivity contribution < 1.29 is 14.3 Å². The van der Waals surface area contributed by atoms with Crippen LogP contribution in [0.3, 0.4) is 0 Å². The molecule has 0 aliphatic rings. The smallest absolute Gasteiger partial charge is 0.238 e. The van der Waals surface area contributed by atoms with Gasteiger partial charge in [0.25, 0.3) is 0 Å². The first-order chi connectivity index (χ1) is 8.65. The van der Waals surface area contributed by atoms with E-state index < -0.39 is 11.9 Å². The Hall–Kier alpha value is -1.59. The summed E-state index contributed by atoms with van der Waals surface area (Å²) >= 11 is 0. The van der Waals surface area contributed by atoms with Crippen LogP contribution >= 0.6 is 0 Å². The molecule has 5 heteroatoms. The van der Waals surface area contributed by atoms with Crippen LogP contribution in [0.15, 0.2) is 24.3 Å². The zero-order valence-corrected chi connectivity index (χ0v) is 11.2. The first-order valence-electron chi connectivity index (χ1n) is 5.91. The molecule has 0 heterocycles. The summed E-state index contributed by atoms with van der Waals surface area (Å²) in [6.45, 7) is 5.01. The van der Waals surface area contributed by atoms with E-state index in [-0.39, 0.29) is 0 Å². The van der Waals surface area contributed by atoms with E-state index >= 15 is 0 Å². The standard InChI is InChI=1S/C11H16N2O3.C2H6/c1-15-6-7-16-9-4-2-8(3-5-9)10(12)11(13)14;1-2/h2-5,10H,6-7,12H2,1H3,(H2,13,14);1-2H3. The Bertz CT molecular complexity index is 339. The van der Waals surface area contributed by atoms with Gasteiger partial charge in [-0.3, -0.25) is 4.79 Å². The summed E-state index contributed by atoms with van der Waals surface area (Å²) < 4.78 is 10.2. The van der Waals surface area contributed by atoms with Crippen LogP contribution < -0.4 is 16.2 Å². The van der Waals surface area contributed by atoms with Gasteiger partial charge < -0.3 is 20.9 Å². The molecular formula is C13H22N2O3. The number of hydrogen-bond acceptors (Lipinski definition) is 4. The first-order valence-corrected chi connectivity index (χ1v) is 5.91. The molecule has 102 valence electrons. The summed E-state index contributed by atoms with van der Waals surface area (Å²) in [6, 6.07) is 6.16. The Morgan fingerprint density at radius 2 is 1.78 bits per heavy atom. The van der Waals surface area contributed by atoms with Crippen molar-refractivity contribution in [3.63, 3.8) is 0 Å². The second-order valence-corrected chi connectivity index (χ2v) is 3.29. The largest absolute Gasteiger partial charge is 0.491 e. The maximum atomic E-state index is 10.8. The lowest BCUT2D eigenvalue weighted by molar-refractivity contribution is -0.119. The van der Waals surface area contributed by atoms with Crippen LogP contribution in [0, 0.1) is 0 Å². The molecule has 1 rings (SSSR count). The second-order valence-electron chi connectivity index (χ2n) is 3.29. The molecular weight excluding hydrogens is 232 g/mol. The molecule has 1 atom stereocenters. The van der Waals surface area contributed by atoms with E-state index in [2.05, 4.69) is 0 Å². The van der Waals surface area contributed by atoms with Crippen LogP contribution in [-0.4, -0.2) is 26.2 Å². The van der Waals surface area contributed by atoms with Crippen molar-refractivity contribution in [1.29, 1.82) is 0 Å². The predicted molar refractivity (Wildman–Crippen MR) is 71.3 cm³/mol. The molecule has 4 N–H and O–H groups in total. The lowest BCUT2D eigenvalue weighted by Crippen LogP contribution is -2.28. The van der Waals surface area contributed by atoms with Crippen molar-refractivity contribution in [3.8, 4) is 5.75 Å². The van der Waals surface area contributed by atoms with Crippen molar-refractivity contribution in [1.82, 2.24) is 0 Å². The first kappa shape index (κ1) is 16.4. The molecule has 0 bridgehead atoms. The highest BCUT2D eigenvalue weighted by atomic mass is 16.5. The summed E-state index contributed by atoms with van der Waals surface area (Å²) in [5.74, 6) is 0.158. The quantitative estimate of drug-likeness (QED) is 0.747. The van der Waals surface area contributed by atoms with Gasteiger partial charge in [0.15, 0.2) is 0 Å². The molecule has 1 aromatic carbocycles. The average Bonchev–Trinajstić information content (AvgIpc) is 2.41. The van der Waals surface area contributed by atoms with E-state index in [1.54, 1.807) is 31.4 Å². The lowest BCUT2D eigenvalue weighted by atomic mass is 10.1. The fourth-order valence-corrected chi connectivity index (χ4v) is 1.18. The van der Waals surface area contributed by atoms with Gasteiger partial charge in [-0.2, -0.15) is 0 Å². The highest BCUT2D eigenvalue weighted by Crippen LogP contribution is 2.16. The van der Waals surface area contributed by atoms with Crippen LogP contribution in [0.1, 0.15) is 25.5 Å². The number of hydrogen-bond donors (Lipinski definition) is 2. The molecule has 1 amide bonds. The molecule has 5 nitrogen and oxygen atoms in total. The normalized spacial score (nSPS) is 11.1. The molecule has 0 fully saturated rings. The molecule has 1 unspecified atom stereocenters. The molecule has 0 saturated carbocycles. The van der Waals surface area contributed by atoms with E-state index in [0.29, 0.717) is 24.5 Å². The molecule has 0 aliphatic heterocycles. The minimum Gasteiger partial charge on any atom is -0.491 e. The van der Waals surface area contributed by atoms with Crippen molar-refractivity contribution >= 4 is 5.91 Å². The van der Waals surface area contributed by atoms with Gasteiger partial charge in [0.1, 0.15) is 18.4 Å². The predicted octanol–water partition coefficient (Wildman–Crippen LogP) is 1.22. The van der Waals surface area contributed by atoms with Gasteiger partial charge in [-0.25, -0.2) is 0 Å². The Labute approximate surface area is 108 Å². The number of nitrogens with two attached hydrogens (primary N) is 2. The minimum absolute atomic E-state index is 0.484. The SMILES string of the molecule is CC.COCCOc1ccc(C(N)C(N)=O)cc1. The van der Waals surface area contributed by atoms with Crippen LogP contribution in [0.2, 0.25) is 0 Å². The number of benzene rings is 1. The van der Waals surface area contributed by atoms with Crippen LogP contribution in [-0.2, 0) is 9.53 Å². The van der Waals surface area contributed by atoms with E-state index in [0.717, 1.165) is 0 Å². The van der Waals surface area contributed by atoms with E-state index in [1.165, 1.54) is 0 Å². The Morgan fingerprint density at radius 1 is 1.22 bits per heavy atom. The highest BCUT2D eigenvalue weighted by Gasteiger charge is 2.11.